The van der Waals surface area contributed by atoms with Gasteiger partial charge in [0, 0.05) is 13.1 Å². The number of nitrogens with zero attached hydrogens (tertiary/aromatic N) is 1. The number of hydrogen-bond donors (Lipinski definition) is 1. The largest absolute Gasteiger partial charge is 0.330 e. The number of benzene rings is 1. The summed E-state index contributed by atoms with van der Waals surface area (Å²) in [5.41, 5.74) is 6.36. The van der Waals surface area contributed by atoms with Gasteiger partial charge in [-0.3, -0.25) is 4.90 Å². The van der Waals surface area contributed by atoms with Gasteiger partial charge in [-0.25, -0.2) is 8.78 Å². The normalized spacial score (nSPS) is 13.1. The van der Waals surface area contributed by atoms with Gasteiger partial charge in [0.25, 0.3) is 0 Å². The number of nitrogens with two attached hydrogens (primary N) is 1. The molecule has 0 fully saturated rings. The summed E-state index contributed by atoms with van der Waals surface area (Å²) in [5.74, 6) is -1.18. The van der Waals surface area contributed by atoms with E-state index in [9.17, 15) is 8.78 Å². The van der Waals surface area contributed by atoms with Gasteiger partial charge in [-0.15, -0.1) is 0 Å². The van der Waals surface area contributed by atoms with Crippen LogP contribution in [-0.4, -0.2) is 24.5 Å². The van der Waals surface area contributed by atoms with Gasteiger partial charge in [0.05, 0.1) is 0 Å². The van der Waals surface area contributed by atoms with Crippen LogP contribution in [0.15, 0.2) is 18.2 Å². The topological polar surface area (TPSA) is 29.3 Å². The summed E-state index contributed by atoms with van der Waals surface area (Å²) in [5, 5.41) is 0. The average molecular weight is 242 g/mol. The SMILES string of the molecule is CCN(Cc1ccc(F)c(F)c1)CC(C)CN. The third-order valence-corrected chi connectivity index (χ3v) is 2.81. The van der Waals surface area contributed by atoms with Crippen LogP contribution in [0.3, 0.4) is 0 Å². The first kappa shape index (κ1) is 14.1. The molecule has 0 bridgehead atoms. The van der Waals surface area contributed by atoms with Crippen LogP contribution in [0.1, 0.15) is 19.4 Å². The van der Waals surface area contributed by atoms with E-state index in [0.29, 0.717) is 19.0 Å². The third-order valence-electron chi connectivity index (χ3n) is 2.81. The molecule has 2 nitrogen and oxygen atoms in total. The van der Waals surface area contributed by atoms with E-state index in [-0.39, 0.29) is 0 Å². The Balaban J connectivity index is 2.63. The Labute approximate surface area is 101 Å². The highest BCUT2D eigenvalue weighted by Gasteiger charge is 2.09. The van der Waals surface area contributed by atoms with Crippen molar-refractivity contribution in [3.05, 3.63) is 35.4 Å². The van der Waals surface area contributed by atoms with Crippen molar-refractivity contribution in [3.63, 3.8) is 0 Å². The fourth-order valence-electron chi connectivity index (χ4n) is 1.72. The van der Waals surface area contributed by atoms with Crippen LogP contribution in [0.5, 0.6) is 0 Å². The Morgan fingerprint density at radius 3 is 2.53 bits per heavy atom. The lowest BCUT2D eigenvalue weighted by molar-refractivity contribution is 0.243. The Morgan fingerprint density at radius 1 is 1.29 bits per heavy atom. The number of hydrogen-bond acceptors (Lipinski definition) is 2. The van der Waals surface area contributed by atoms with E-state index in [1.54, 1.807) is 6.07 Å². The van der Waals surface area contributed by atoms with E-state index in [4.69, 9.17) is 5.73 Å². The molecule has 4 heteroatoms. The van der Waals surface area contributed by atoms with Gasteiger partial charge in [-0.2, -0.15) is 0 Å². The maximum atomic E-state index is 13.0. The molecule has 1 aromatic carbocycles. The molecule has 1 aromatic rings. The molecule has 0 saturated heterocycles. The fourth-order valence-corrected chi connectivity index (χ4v) is 1.72. The van der Waals surface area contributed by atoms with Crippen molar-refractivity contribution in [1.82, 2.24) is 4.90 Å². The zero-order valence-corrected chi connectivity index (χ0v) is 10.4. The summed E-state index contributed by atoms with van der Waals surface area (Å²) in [6, 6.07) is 4.05. The first-order valence-electron chi connectivity index (χ1n) is 5.93. The molecule has 96 valence electrons. The minimum atomic E-state index is -0.799. The molecule has 1 rings (SSSR count). The lowest BCUT2D eigenvalue weighted by atomic mass is 10.1. The van der Waals surface area contributed by atoms with Crippen LogP contribution in [-0.2, 0) is 6.54 Å². The van der Waals surface area contributed by atoms with Gasteiger partial charge >= 0.3 is 0 Å². The molecule has 0 saturated carbocycles. The van der Waals surface area contributed by atoms with Crippen molar-refractivity contribution in [1.29, 1.82) is 0 Å². The molecule has 0 spiro atoms. The molecule has 0 aliphatic heterocycles. The van der Waals surface area contributed by atoms with Crippen LogP contribution in [0.4, 0.5) is 8.78 Å². The summed E-state index contributed by atoms with van der Waals surface area (Å²) < 4.78 is 25.8. The Bertz CT molecular complexity index is 355. The molecule has 1 unspecified atom stereocenters. The van der Waals surface area contributed by atoms with Gasteiger partial charge in [-0.05, 0) is 36.7 Å². The third kappa shape index (κ3) is 4.40. The van der Waals surface area contributed by atoms with E-state index >= 15 is 0 Å². The summed E-state index contributed by atoms with van der Waals surface area (Å²) in [6.45, 7) is 7.11. The second-order valence-corrected chi connectivity index (χ2v) is 4.42. The highest BCUT2D eigenvalue weighted by atomic mass is 19.2. The predicted molar refractivity (Wildman–Crippen MR) is 65.5 cm³/mol. The molecule has 0 aromatic heterocycles. The van der Waals surface area contributed by atoms with Gasteiger partial charge in [-0.1, -0.05) is 19.9 Å². The minimum Gasteiger partial charge on any atom is -0.330 e. The quantitative estimate of drug-likeness (QED) is 0.830. The minimum absolute atomic E-state index is 0.403. The Hall–Kier alpha value is -1.00. The van der Waals surface area contributed by atoms with Gasteiger partial charge in [0.15, 0.2) is 11.6 Å². The first-order valence-corrected chi connectivity index (χ1v) is 5.93. The standard InChI is InChI=1S/C13H20F2N2/c1-3-17(8-10(2)7-16)9-11-4-5-12(14)13(15)6-11/h4-6,10H,3,7-9,16H2,1-2H3. The summed E-state index contributed by atoms with van der Waals surface area (Å²) in [7, 11) is 0. The Kier molecular flexibility index (Phi) is 5.51. The zero-order chi connectivity index (χ0) is 12.8. The molecule has 0 aliphatic rings. The average Bonchev–Trinajstić information content (AvgIpc) is 2.32. The molecular formula is C13H20F2N2. The van der Waals surface area contributed by atoms with Gasteiger partial charge < -0.3 is 5.73 Å². The van der Waals surface area contributed by atoms with Crippen molar-refractivity contribution in [2.45, 2.75) is 20.4 Å². The molecule has 0 heterocycles. The second-order valence-electron chi connectivity index (χ2n) is 4.42. The second kappa shape index (κ2) is 6.67. The van der Waals surface area contributed by atoms with Crippen molar-refractivity contribution < 1.29 is 8.78 Å². The molecule has 2 N–H and O–H groups in total. The monoisotopic (exact) mass is 242 g/mol. The molecular weight excluding hydrogens is 222 g/mol. The molecule has 0 amide bonds. The lowest BCUT2D eigenvalue weighted by Crippen LogP contribution is -2.31. The van der Waals surface area contributed by atoms with Gasteiger partial charge in [0.1, 0.15) is 0 Å². The van der Waals surface area contributed by atoms with Crippen molar-refractivity contribution in [2.75, 3.05) is 19.6 Å². The first-order chi connectivity index (χ1) is 8.06. The maximum Gasteiger partial charge on any atom is 0.159 e. The maximum absolute atomic E-state index is 13.0. The van der Waals surface area contributed by atoms with E-state index in [1.807, 2.05) is 6.92 Å². The molecule has 0 aliphatic carbocycles. The van der Waals surface area contributed by atoms with E-state index in [1.165, 1.54) is 12.1 Å². The van der Waals surface area contributed by atoms with Gasteiger partial charge in [0.2, 0.25) is 0 Å². The van der Waals surface area contributed by atoms with Crippen molar-refractivity contribution in [2.24, 2.45) is 11.7 Å². The highest BCUT2D eigenvalue weighted by Crippen LogP contribution is 2.11. The molecule has 1 atom stereocenters. The molecule has 17 heavy (non-hydrogen) atoms. The van der Waals surface area contributed by atoms with Crippen LogP contribution in [0, 0.1) is 17.6 Å². The summed E-state index contributed by atoms with van der Waals surface area (Å²) >= 11 is 0. The molecule has 0 radical (unpaired) electrons. The smallest absolute Gasteiger partial charge is 0.159 e. The zero-order valence-electron chi connectivity index (χ0n) is 10.4. The van der Waals surface area contributed by atoms with E-state index in [0.717, 1.165) is 18.7 Å². The predicted octanol–water partition coefficient (Wildman–Crippen LogP) is 2.38. The van der Waals surface area contributed by atoms with Crippen LogP contribution < -0.4 is 5.73 Å². The van der Waals surface area contributed by atoms with Crippen LogP contribution in [0.25, 0.3) is 0 Å². The number of halogens is 2. The highest BCUT2D eigenvalue weighted by molar-refractivity contribution is 5.17. The fraction of sp³-hybridized carbons (Fsp3) is 0.538. The van der Waals surface area contributed by atoms with Crippen LogP contribution >= 0.6 is 0 Å². The van der Waals surface area contributed by atoms with Crippen LogP contribution in [0.2, 0.25) is 0 Å². The van der Waals surface area contributed by atoms with E-state index < -0.39 is 11.6 Å². The summed E-state index contributed by atoms with van der Waals surface area (Å²) in [6.07, 6.45) is 0. The van der Waals surface area contributed by atoms with Crippen molar-refractivity contribution >= 4 is 0 Å². The Morgan fingerprint density at radius 2 is 2.00 bits per heavy atom. The summed E-state index contributed by atoms with van der Waals surface area (Å²) in [4.78, 5) is 2.17. The number of rotatable bonds is 6. The van der Waals surface area contributed by atoms with Crippen molar-refractivity contribution in [3.8, 4) is 0 Å². The lowest BCUT2D eigenvalue weighted by Gasteiger charge is -2.23. The van der Waals surface area contributed by atoms with E-state index in [2.05, 4.69) is 11.8 Å².